The summed E-state index contributed by atoms with van der Waals surface area (Å²) in [6.45, 7) is 14.2. The minimum absolute atomic E-state index is 0.184. The smallest absolute Gasteiger partial charge is 0.170 e. The van der Waals surface area contributed by atoms with Crippen LogP contribution in [-0.4, -0.2) is 23.1 Å². The molecule has 0 saturated carbocycles. The van der Waals surface area contributed by atoms with Crippen molar-refractivity contribution in [3.8, 4) is 0 Å². The third-order valence-electron chi connectivity index (χ3n) is 1.81. The van der Waals surface area contributed by atoms with Crippen LogP contribution in [0.2, 0.25) is 32.2 Å². The molecule has 14 heavy (non-hydrogen) atoms. The molecule has 0 saturated heterocycles. The first-order valence-electron chi connectivity index (χ1n) is 5.09. The van der Waals surface area contributed by atoms with Gasteiger partial charge in [0.15, 0.2) is 23.1 Å². The molecule has 1 atom stereocenters. The lowest BCUT2D eigenvalue weighted by Crippen LogP contribution is -2.33. The largest absolute Gasteiger partial charge is 0.458 e. The van der Waals surface area contributed by atoms with Crippen LogP contribution in [0, 0.1) is 0 Å². The van der Waals surface area contributed by atoms with E-state index in [-0.39, 0.29) is 5.78 Å². The van der Waals surface area contributed by atoms with Gasteiger partial charge in [-0.05, 0) is 44.7 Å². The maximum atomic E-state index is 11.3. The summed E-state index contributed by atoms with van der Waals surface area (Å²) in [5, 5.41) is 0. The van der Waals surface area contributed by atoms with Gasteiger partial charge in [-0.25, -0.2) is 0 Å². The fourth-order valence-corrected chi connectivity index (χ4v) is 7.18. The normalized spacial score (nSPS) is 13.8. The monoisotopic (exact) mass is 230 g/mol. The van der Waals surface area contributed by atoms with E-state index in [0.29, 0.717) is 12.0 Å². The number of carbonyl (C=O) groups excluding carboxylic acids is 1. The lowest BCUT2D eigenvalue weighted by atomic mass is 10.2. The Bertz CT molecular complexity index is 219. The van der Waals surface area contributed by atoms with Crippen LogP contribution in [0.4, 0.5) is 0 Å². The molecular weight excluding hydrogens is 208 g/mol. The van der Waals surface area contributed by atoms with Crippen molar-refractivity contribution in [2.45, 2.75) is 45.6 Å². The van der Waals surface area contributed by atoms with E-state index in [0.717, 1.165) is 6.04 Å². The van der Waals surface area contributed by atoms with Gasteiger partial charge in [0.25, 0.3) is 0 Å². The second kappa shape index (κ2) is 5.63. The molecule has 0 aromatic rings. The Balaban J connectivity index is 3.80. The minimum atomic E-state index is -1.39. The molecule has 2 nitrogen and oxygen atoms in total. The van der Waals surface area contributed by atoms with E-state index < -0.39 is 17.4 Å². The first kappa shape index (κ1) is 13.8. The van der Waals surface area contributed by atoms with E-state index in [4.69, 9.17) is 4.12 Å². The maximum absolute atomic E-state index is 11.3. The van der Waals surface area contributed by atoms with Crippen LogP contribution >= 0.6 is 0 Å². The Morgan fingerprint density at radius 3 is 2.29 bits per heavy atom. The molecule has 4 heteroatoms. The van der Waals surface area contributed by atoms with Crippen molar-refractivity contribution < 1.29 is 8.91 Å². The summed E-state index contributed by atoms with van der Waals surface area (Å²) < 4.78 is 5.96. The zero-order valence-electron chi connectivity index (χ0n) is 10.0. The van der Waals surface area contributed by atoms with Gasteiger partial charge in [-0.3, -0.25) is 4.79 Å². The highest BCUT2D eigenvalue weighted by atomic mass is 28.4. The fraction of sp³-hybridized carbons (Fsp3) is 0.700. The molecule has 0 aliphatic heterocycles. The van der Waals surface area contributed by atoms with Gasteiger partial charge < -0.3 is 4.12 Å². The molecule has 0 aromatic heterocycles. The molecule has 1 unspecified atom stereocenters. The number of rotatable bonds is 6. The number of allylic oxidation sites excluding steroid dienone is 1. The highest BCUT2D eigenvalue weighted by Gasteiger charge is 2.19. The van der Waals surface area contributed by atoms with Gasteiger partial charge in [-0.2, -0.15) is 0 Å². The maximum Gasteiger partial charge on any atom is 0.170 e. The van der Waals surface area contributed by atoms with Crippen LogP contribution in [0.5, 0.6) is 0 Å². The molecule has 0 heterocycles. The molecule has 0 aliphatic carbocycles. The van der Waals surface area contributed by atoms with E-state index >= 15 is 0 Å². The van der Waals surface area contributed by atoms with E-state index in [2.05, 4.69) is 32.8 Å². The highest BCUT2D eigenvalue weighted by Crippen LogP contribution is 2.10. The third kappa shape index (κ3) is 7.23. The van der Waals surface area contributed by atoms with Gasteiger partial charge >= 0.3 is 0 Å². The molecular formula is C10H22O2Si2. The molecule has 0 aromatic carbocycles. The molecule has 0 fully saturated rings. The highest BCUT2D eigenvalue weighted by molar-refractivity contribution is 6.77. The average molecular weight is 230 g/mol. The van der Waals surface area contributed by atoms with E-state index in [9.17, 15) is 4.79 Å². The summed E-state index contributed by atoms with van der Waals surface area (Å²) in [5.41, 5.74) is 0.666. The Morgan fingerprint density at radius 1 is 1.43 bits per heavy atom. The minimum Gasteiger partial charge on any atom is -0.458 e. The third-order valence-corrected chi connectivity index (χ3v) is 7.35. The van der Waals surface area contributed by atoms with E-state index in [1.165, 1.54) is 0 Å². The van der Waals surface area contributed by atoms with Crippen LogP contribution in [0.15, 0.2) is 12.2 Å². The molecule has 0 spiro atoms. The average Bonchev–Trinajstić information content (AvgIpc) is 1.96. The zero-order chi connectivity index (χ0) is 11.4. The summed E-state index contributed by atoms with van der Waals surface area (Å²) in [6, 6.07) is 0.940. The van der Waals surface area contributed by atoms with Crippen molar-refractivity contribution in [3.05, 3.63) is 12.2 Å². The van der Waals surface area contributed by atoms with Crippen molar-refractivity contribution in [1.29, 1.82) is 0 Å². The molecule has 0 radical (unpaired) electrons. The van der Waals surface area contributed by atoms with Crippen molar-refractivity contribution in [1.82, 2.24) is 0 Å². The van der Waals surface area contributed by atoms with Crippen molar-refractivity contribution in [3.63, 3.8) is 0 Å². The molecule has 0 rings (SSSR count). The van der Waals surface area contributed by atoms with Crippen LogP contribution in [0.25, 0.3) is 0 Å². The number of Topliss-reactive ketones (excluding diaryl/α,β-unsaturated/α-hetero) is 1. The Labute approximate surface area is 90.2 Å². The van der Waals surface area contributed by atoms with Gasteiger partial charge in [0, 0.05) is 6.42 Å². The number of ketones is 1. The van der Waals surface area contributed by atoms with Crippen LogP contribution in [-0.2, 0) is 8.91 Å². The van der Waals surface area contributed by atoms with Gasteiger partial charge in [0.05, 0.1) is 0 Å². The standard InChI is InChI=1S/C10H22O2Si2/c1-9(2)10(11)7-8-13(3)12-14(4,5)6/h13H,1,7-8H2,2-6H3. The summed E-state index contributed by atoms with van der Waals surface area (Å²) in [5.74, 6) is 0.184. The predicted octanol–water partition coefficient (Wildman–Crippen LogP) is 2.73. The summed E-state index contributed by atoms with van der Waals surface area (Å²) in [4.78, 5) is 11.3. The summed E-state index contributed by atoms with van der Waals surface area (Å²) in [6.07, 6.45) is 0.618. The lowest BCUT2D eigenvalue weighted by molar-refractivity contribution is -0.115. The molecule has 0 bridgehead atoms. The number of hydrogen-bond acceptors (Lipinski definition) is 2. The zero-order valence-corrected chi connectivity index (χ0v) is 12.2. The fourth-order valence-electron chi connectivity index (χ4n) is 1.21. The second-order valence-electron chi connectivity index (χ2n) is 4.78. The first-order chi connectivity index (χ1) is 6.22. The molecule has 0 amide bonds. The van der Waals surface area contributed by atoms with Gasteiger partial charge in [-0.15, -0.1) is 0 Å². The van der Waals surface area contributed by atoms with Gasteiger partial charge in [0.1, 0.15) is 0 Å². The predicted molar refractivity (Wildman–Crippen MR) is 66.7 cm³/mol. The summed E-state index contributed by atoms with van der Waals surface area (Å²) in [7, 11) is -2.52. The van der Waals surface area contributed by atoms with Crippen LogP contribution in [0.3, 0.4) is 0 Å². The van der Waals surface area contributed by atoms with Crippen molar-refractivity contribution in [2.75, 3.05) is 0 Å². The van der Waals surface area contributed by atoms with E-state index in [1.54, 1.807) is 6.92 Å². The van der Waals surface area contributed by atoms with Crippen molar-refractivity contribution in [2.24, 2.45) is 0 Å². The lowest BCUT2D eigenvalue weighted by Gasteiger charge is -2.22. The quantitative estimate of drug-likeness (QED) is 0.518. The molecule has 82 valence electrons. The number of hydrogen-bond donors (Lipinski definition) is 0. The Kier molecular flexibility index (Phi) is 5.55. The summed E-state index contributed by atoms with van der Waals surface area (Å²) >= 11 is 0. The van der Waals surface area contributed by atoms with Gasteiger partial charge in [0.2, 0.25) is 0 Å². The molecule has 0 N–H and O–H groups in total. The van der Waals surface area contributed by atoms with Crippen LogP contribution < -0.4 is 0 Å². The number of carbonyl (C=O) groups is 1. The first-order valence-corrected chi connectivity index (χ1v) is 10.9. The van der Waals surface area contributed by atoms with E-state index in [1.807, 2.05) is 0 Å². The Hall–Kier alpha value is -0.196. The Morgan fingerprint density at radius 2 is 1.93 bits per heavy atom. The SMILES string of the molecule is C=C(C)C(=O)CC[SiH](C)O[Si](C)(C)C. The topological polar surface area (TPSA) is 26.3 Å². The van der Waals surface area contributed by atoms with Gasteiger partial charge in [-0.1, -0.05) is 6.58 Å². The van der Waals surface area contributed by atoms with Crippen LogP contribution in [0.1, 0.15) is 13.3 Å². The second-order valence-corrected chi connectivity index (χ2v) is 12.1. The molecule has 0 aliphatic rings. The van der Waals surface area contributed by atoms with Crippen molar-refractivity contribution >= 4 is 23.1 Å².